The minimum Gasteiger partial charge on any atom is -0.481 e. The van der Waals surface area contributed by atoms with E-state index in [2.05, 4.69) is 5.32 Å². The van der Waals surface area contributed by atoms with Crippen molar-refractivity contribution in [3.63, 3.8) is 0 Å². The number of rotatable bonds is 6. The number of esters is 1. The van der Waals surface area contributed by atoms with Gasteiger partial charge in [-0.25, -0.2) is 4.79 Å². The molecule has 0 fully saturated rings. The van der Waals surface area contributed by atoms with Gasteiger partial charge in [0.05, 0.1) is 18.4 Å². The third kappa shape index (κ3) is 4.16. The minimum absolute atomic E-state index is 0.200. The highest BCUT2D eigenvalue weighted by Gasteiger charge is 2.35. The third-order valence-electron chi connectivity index (χ3n) is 5.67. The molecule has 0 unspecified atom stereocenters. The molecule has 0 saturated heterocycles. The predicted molar refractivity (Wildman–Crippen MR) is 125 cm³/mol. The molecule has 2 atom stereocenters. The summed E-state index contributed by atoms with van der Waals surface area (Å²) in [6.07, 6.45) is 4.27. The number of anilines is 1. The lowest BCUT2D eigenvalue weighted by Crippen LogP contribution is -2.34. The number of fused-ring (bicyclic) bond motifs is 1. The Morgan fingerprint density at radius 3 is 2.50 bits per heavy atom. The Labute approximate surface area is 189 Å². The number of allylic oxidation sites excluding steroid dienone is 2. The Balaban J connectivity index is 1.74. The number of benzene rings is 2. The molecular formula is C25H23NO5S. The average Bonchev–Trinajstić information content (AvgIpc) is 3.22. The van der Waals surface area contributed by atoms with Gasteiger partial charge in [-0.15, -0.1) is 11.3 Å². The van der Waals surface area contributed by atoms with E-state index < -0.39 is 29.7 Å². The first-order chi connectivity index (χ1) is 15.5. The molecule has 2 aromatic carbocycles. The van der Waals surface area contributed by atoms with Crippen LogP contribution in [-0.4, -0.2) is 29.6 Å². The maximum Gasteiger partial charge on any atom is 0.341 e. The Morgan fingerprint density at radius 1 is 1.03 bits per heavy atom. The molecule has 0 saturated carbocycles. The number of hydrogen-bond donors (Lipinski definition) is 2. The van der Waals surface area contributed by atoms with Gasteiger partial charge in [-0.05, 0) is 36.1 Å². The molecule has 1 heterocycles. The normalized spacial score (nSPS) is 17.8. The summed E-state index contributed by atoms with van der Waals surface area (Å²) in [4.78, 5) is 37.5. The molecule has 4 rings (SSSR count). The fourth-order valence-electron chi connectivity index (χ4n) is 4.10. The van der Waals surface area contributed by atoms with Crippen molar-refractivity contribution >= 4 is 45.0 Å². The zero-order valence-electron chi connectivity index (χ0n) is 17.5. The van der Waals surface area contributed by atoms with E-state index in [1.807, 2.05) is 53.9 Å². The summed E-state index contributed by atoms with van der Waals surface area (Å²) >= 11 is 1.24. The zero-order valence-corrected chi connectivity index (χ0v) is 18.4. The zero-order chi connectivity index (χ0) is 22.7. The standard InChI is InChI=1S/C25H23NO5S/c1-2-31-25(30)21-20(17-13-7-9-15-8-3-4-10-16(15)17)14-32-23(21)26-22(27)18-11-5-6-12-19(18)24(28)29/h3-10,13-14,18-19H,2,11-12H2,1H3,(H,26,27)(H,28,29)/t18-,19-/m1/s1. The largest absolute Gasteiger partial charge is 0.481 e. The van der Waals surface area contributed by atoms with Gasteiger partial charge in [0.2, 0.25) is 5.91 Å². The number of amides is 1. The quantitative estimate of drug-likeness (QED) is 0.391. The molecule has 3 aromatic rings. The van der Waals surface area contributed by atoms with Crippen molar-refractivity contribution < 1.29 is 24.2 Å². The van der Waals surface area contributed by atoms with E-state index in [0.717, 1.165) is 16.3 Å². The first-order valence-electron chi connectivity index (χ1n) is 10.5. The number of carboxylic acid groups (broad SMARTS) is 1. The molecule has 1 aliphatic carbocycles. The number of carboxylic acids is 1. The number of thiophene rings is 1. The first kappa shape index (κ1) is 21.8. The number of hydrogen-bond acceptors (Lipinski definition) is 5. The topological polar surface area (TPSA) is 92.7 Å². The molecule has 2 N–H and O–H groups in total. The van der Waals surface area contributed by atoms with Gasteiger partial charge >= 0.3 is 11.9 Å². The van der Waals surface area contributed by atoms with Crippen LogP contribution in [0.15, 0.2) is 60.0 Å². The van der Waals surface area contributed by atoms with Crippen LogP contribution in [0.4, 0.5) is 5.00 Å². The Kier molecular flexibility index (Phi) is 6.37. The number of nitrogens with one attached hydrogen (secondary N) is 1. The van der Waals surface area contributed by atoms with Crippen molar-refractivity contribution in [3.8, 4) is 11.1 Å². The van der Waals surface area contributed by atoms with E-state index in [9.17, 15) is 19.5 Å². The van der Waals surface area contributed by atoms with E-state index in [1.54, 1.807) is 13.0 Å². The molecule has 164 valence electrons. The van der Waals surface area contributed by atoms with Gasteiger partial charge in [0, 0.05) is 10.9 Å². The molecule has 6 nitrogen and oxygen atoms in total. The van der Waals surface area contributed by atoms with E-state index in [0.29, 0.717) is 29.0 Å². The number of aliphatic carboxylic acids is 1. The average molecular weight is 450 g/mol. The smallest absolute Gasteiger partial charge is 0.341 e. The van der Waals surface area contributed by atoms with Gasteiger partial charge in [0.15, 0.2) is 0 Å². The predicted octanol–water partition coefficient (Wildman–Crippen LogP) is 5.35. The van der Waals surface area contributed by atoms with Gasteiger partial charge in [-0.3, -0.25) is 9.59 Å². The van der Waals surface area contributed by atoms with Gasteiger partial charge in [0.25, 0.3) is 0 Å². The van der Waals surface area contributed by atoms with Crippen LogP contribution in [0.5, 0.6) is 0 Å². The SMILES string of the molecule is CCOC(=O)c1c(-c2cccc3ccccc23)csc1NC(=O)[C@@H]1CC=CC[C@H]1C(=O)O. The van der Waals surface area contributed by atoms with Crippen molar-refractivity contribution in [1.82, 2.24) is 0 Å². The Bertz CT molecular complexity index is 1210. The van der Waals surface area contributed by atoms with Gasteiger partial charge in [-0.1, -0.05) is 54.6 Å². The fraction of sp³-hybridized carbons (Fsp3) is 0.240. The lowest BCUT2D eigenvalue weighted by molar-refractivity contribution is -0.146. The highest BCUT2D eigenvalue weighted by Crippen LogP contribution is 2.40. The van der Waals surface area contributed by atoms with Crippen LogP contribution < -0.4 is 5.32 Å². The second kappa shape index (κ2) is 9.36. The molecule has 0 radical (unpaired) electrons. The monoisotopic (exact) mass is 449 g/mol. The van der Waals surface area contributed by atoms with Crippen molar-refractivity contribution in [3.05, 3.63) is 65.6 Å². The maximum absolute atomic E-state index is 13.0. The first-order valence-corrected chi connectivity index (χ1v) is 11.3. The number of ether oxygens (including phenoxy) is 1. The lowest BCUT2D eigenvalue weighted by Gasteiger charge is -2.24. The summed E-state index contributed by atoms with van der Waals surface area (Å²) in [5.74, 6) is -3.41. The van der Waals surface area contributed by atoms with Gasteiger partial charge < -0.3 is 15.2 Å². The number of carbonyl (C=O) groups excluding carboxylic acids is 2. The van der Waals surface area contributed by atoms with Crippen LogP contribution in [0.25, 0.3) is 21.9 Å². The van der Waals surface area contributed by atoms with Crippen LogP contribution in [0.1, 0.15) is 30.1 Å². The molecular weight excluding hydrogens is 426 g/mol. The lowest BCUT2D eigenvalue weighted by atomic mass is 9.82. The highest BCUT2D eigenvalue weighted by atomic mass is 32.1. The van der Waals surface area contributed by atoms with E-state index in [4.69, 9.17) is 4.74 Å². The van der Waals surface area contributed by atoms with Crippen LogP contribution in [0.2, 0.25) is 0 Å². The second-order valence-electron chi connectivity index (χ2n) is 7.58. The summed E-state index contributed by atoms with van der Waals surface area (Å²) in [5, 5.41) is 16.6. The Morgan fingerprint density at radius 2 is 1.75 bits per heavy atom. The Hall–Kier alpha value is -3.45. The molecule has 0 aliphatic heterocycles. The third-order valence-corrected chi connectivity index (χ3v) is 6.57. The van der Waals surface area contributed by atoms with E-state index in [1.165, 1.54) is 11.3 Å². The van der Waals surface area contributed by atoms with Gasteiger partial charge in [-0.2, -0.15) is 0 Å². The molecule has 1 amide bonds. The van der Waals surface area contributed by atoms with Crippen LogP contribution in [0.3, 0.4) is 0 Å². The van der Waals surface area contributed by atoms with Crippen LogP contribution in [0, 0.1) is 11.8 Å². The van der Waals surface area contributed by atoms with Crippen molar-refractivity contribution in [2.75, 3.05) is 11.9 Å². The molecule has 0 spiro atoms. The van der Waals surface area contributed by atoms with E-state index in [-0.39, 0.29) is 6.61 Å². The summed E-state index contributed by atoms with van der Waals surface area (Å²) < 4.78 is 5.30. The summed E-state index contributed by atoms with van der Waals surface area (Å²) in [7, 11) is 0. The minimum atomic E-state index is -0.997. The molecule has 7 heteroatoms. The van der Waals surface area contributed by atoms with Crippen molar-refractivity contribution in [2.24, 2.45) is 11.8 Å². The highest BCUT2D eigenvalue weighted by molar-refractivity contribution is 7.15. The maximum atomic E-state index is 13.0. The molecule has 32 heavy (non-hydrogen) atoms. The fourth-order valence-corrected chi connectivity index (χ4v) is 5.05. The summed E-state index contributed by atoms with van der Waals surface area (Å²) in [5.41, 5.74) is 1.84. The molecule has 1 aromatic heterocycles. The number of carbonyl (C=O) groups is 3. The molecule has 1 aliphatic rings. The molecule has 0 bridgehead atoms. The van der Waals surface area contributed by atoms with Crippen LogP contribution in [-0.2, 0) is 14.3 Å². The summed E-state index contributed by atoms with van der Waals surface area (Å²) in [6, 6.07) is 13.7. The van der Waals surface area contributed by atoms with Gasteiger partial charge in [0.1, 0.15) is 10.6 Å². The van der Waals surface area contributed by atoms with Crippen molar-refractivity contribution in [2.45, 2.75) is 19.8 Å². The van der Waals surface area contributed by atoms with Crippen LogP contribution >= 0.6 is 11.3 Å². The summed E-state index contributed by atoms with van der Waals surface area (Å²) in [6.45, 7) is 1.93. The van der Waals surface area contributed by atoms with Crippen molar-refractivity contribution in [1.29, 1.82) is 0 Å². The second-order valence-corrected chi connectivity index (χ2v) is 8.46. The van der Waals surface area contributed by atoms with E-state index >= 15 is 0 Å².